The van der Waals surface area contributed by atoms with Gasteiger partial charge in [-0.15, -0.1) is 0 Å². The predicted molar refractivity (Wildman–Crippen MR) is 53.2 cm³/mol. The minimum atomic E-state index is 0.712. The normalized spacial score (nSPS) is 10.0. The number of benzene rings is 1. The van der Waals surface area contributed by atoms with E-state index in [-0.39, 0.29) is 0 Å². The lowest BCUT2D eigenvalue weighted by Crippen LogP contribution is -1.99. The number of rotatable bonds is 5. The summed E-state index contributed by atoms with van der Waals surface area (Å²) < 4.78 is 10.5. The minimum absolute atomic E-state index is 0.712. The zero-order valence-electron chi connectivity index (χ0n) is 8.25. The lowest BCUT2D eigenvalue weighted by atomic mass is 10.1. The lowest BCUT2D eigenvalue weighted by molar-refractivity contribution is 0.201. The van der Waals surface area contributed by atoms with Crippen LogP contribution in [-0.4, -0.2) is 20.3 Å². The predicted octanol–water partition coefficient (Wildman–Crippen LogP) is 2.27. The van der Waals surface area contributed by atoms with E-state index < -0.39 is 0 Å². The molecule has 0 heterocycles. The summed E-state index contributed by atoms with van der Waals surface area (Å²) in [7, 11) is 1.71. The van der Waals surface area contributed by atoms with E-state index in [0.29, 0.717) is 6.61 Å². The van der Waals surface area contributed by atoms with Gasteiger partial charge in [0.1, 0.15) is 5.75 Å². The zero-order chi connectivity index (χ0) is 9.52. The summed E-state index contributed by atoms with van der Waals surface area (Å²) in [6, 6.07) is 8.08. The Morgan fingerprint density at radius 3 is 2.69 bits per heavy atom. The third-order valence-electron chi connectivity index (χ3n) is 1.85. The third kappa shape index (κ3) is 3.07. The van der Waals surface area contributed by atoms with Crippen LogP contribution in [0.3, 0.4) is 0 Å². The van der Waals surface area contributed by atoms with Gasteiger partial charge in [0.15, 0.2) is 0 Å². The van der Waals surface area contributed by atoms with Gasteiger partial charge in [-0.05, 0) is 25.0 Å². The largest absolute Gasteiger partial charge is 0.494 e. The van der Waals surface area contributed by atoms with Gasteiger partial charge >= 0.3 is 0 Å². The fraction of sp³-hybridized carbons (Fsp3) is 0.455. The maximum absolute atomic E-state index is 5.48. The first-order valence-corrected chi connectivity index (χ1v) is 4.58. The minimum Gasteiger partial charge on any atom is -0.494 e. The Morgan fingerprint density at radius 1 is 1.23 bits per heavy atom. The molecule has 1 rings (SSSR count). The highest BCUT2D eigenvalue weighted by molar-refractivity contribution is 5.33. The summed E-state index contributed by atoms with van der Waals surface area (Å²) in [6.07, 6.45) is 0.909. The summed E-state index contributed by atoms with van der Waals surface area (Å²) in [6.45, 7) is 3.45. The van der Waals surface area contributed by atoms with Gasteiger partial charge in [0, 0.05) is 7.11 Å². The van der Waals surface area contributed by atoms with Crippen molar-refractivity contribution in [2.75, 3.05) is 20.3 Å². The Hall–Kier alpha value is -1.02. The van der Waals surface area contributed by atoms with Crippen LogP contribution in [0.25, 0.3) is 0 Å². The molecule has 0 radical (unpaired) electrons. The van der Waals surface area contributed by atoms with Crippen LogP contribution in [0.1, 0.15) is 12.5 Å². The molecule has 0 aliphatic heterocycles. The molecular weight excluding hydrogens is 164 g/mol. The van der Waals surface area contributed by atoms with E-state index >= 15 is 0 Å². The van der Waals surface area contributed by atoms with Crippen LogP contribution in [0.4, 0.5) is 0 Å². The topological polar surface area (TPSA) is 18.5 Å². The molecule has 1 aromatic carbocycles. The summed E-state index contributed by atoms with van der Waals surface area (Å²) in [5, 5.41) is 0. The van der Waals surface area contributed by atoms with E-state index in [2.05, 4.69) is 6.07 Å². The maximum atomic E-state index is 5.48. The molecule has 1 aromatic rings. The van der Waals surface area contributed by atoms with Crippen molar-refractivity contribution in [1.82, 2.24) is 0 Å². The molecule has 72 valence electrons. The first-order chi connectivity index (χ1) is 6.38. The monoisotopic (exact) mass is 180 g/mol. The second-order valence-electron chi connectivity index (χ2n) is 2.78. The Balaban J connectivity index is 2.66. The molecule has 0 saturated carbocycles. The molecule has 0 bridgehead atoms. The average Bonchev–Trinajstić information content (AvgIpc) is 2.17. The number of para-hydroxylation sites is 1. The molecule has 13 heavy (non-hydrogen) atoms. The molecule has 0 fully saturated rings. The fourth-order valence-electron chi connectivity index (χ4n) is 1.22. The van der Waals surface area contributed by atoms with Crippen LogP contribution in [0.15, 0.2) is 24.3 Å². The molecule has 0 aliphatic rings. The van der Waals surface area contributed by atoms with E-state index in [0.717, 1.165) is 18.8 Å². The molecule has 0 spiro atoms. The Kier molecular flexibility index (Phi) is 4.33. The van der Waals surface area contributed by atoms with E-state index in [9.17, 15) is 0 Å². The van der Waals surface area contributed by atoms with Gasteiger partial charge in [-0.2, -0.15) is 0 Å². The van der Waals surface area contributed by atoms with E-state index in [4.69, 9.17) is 9.47 Å². The van der Waals surface area contributed by atoms with E-state index in [1.165, 1.54) is 5.56 Å². The third-order valence-corrected chi connectivity index (χ3v) is 1.85. The molecule has 0 N–H and O–H groups in total. The van der Waals surface area contributed by atoms with Crippen molar-refractivity contribution >= 4 is 0 Å². The van der Waals surface area contributed by atoms with Crippen LogP contribution < -0.4 is 4.74 Å². The molecule has 0 aromatic heterocycles. The van der Waals surface area contributed by atoms with Gasteiger partial charge in [-0.1, -0.05) is 18.2 Å². The highest BCUT2D eigenvalue weighted by Gasteiger charge is 2.00. The van der Waals surface area contributed by atoms with Gasteiger partial charge in [0.25, 0.3) is 0 Å². The molecule has 0 amide bonds. The number of methoxy groups -OCH3 is 1. The molecule has 2 heteroatoms. The molecule has 0 unspecified atom stereocenters. The van der Waals surface area contributed by atoms with Crippen molar-refractivity contribution in [3.8, 4) is 5.75 Å². The highest BCUT2D eigenvalue weighted by Crippen LogP contribution is 2.18. The second-order valence-corrected chi connectivity index (χ2v) is 2.78. The van der Waals surface area contributed by atoms with Gasteiger partial charge < -0.3 is 9.47 Å². The van der Waals surface area contributed by atoms with E-state index in [1.807, 2.05) is 25.1 Å². The number of hydrogen-bond acceptors (Lipinski definition) is 2. The Bertz CT molecular complexity index is 246. The zero-order valence-corrected chi connectivity index (χ0v) is 8.25. The smallest absolute Gasteiger partial charge is 0.122 e. The maximum Gasteiger partial charge on any atom is 0.122 e. The van der Waals surface area contributed by atoms with Gasteiger partial charge in [-0.3, -0.25) is 0 Å². The molecular formula is C11H16O2. The molecule has 0 atom stereocenters. The fourth-order valence-corrected chi connectivity index (χ4v) is 1.22. The summed E-state index contributed by atoms with van der Waals surface area (Å²) >= 11 is 0. The van der Waals surface area contributed by atoms with Crippen LogP contribution >= 0.6 is 0 Å². The summed E-state index contributed by atoms with van der Waals surface area (Å²) in [5.41, 5.74) is 1.21. The van der Waals surface area contributed by atoms with E-state index in [1.54, 1.807) is 7.11 Å². The first kappa shape index (κ1) is 10.1. The van der Waals surface area contributed by atoms with Gasteiger partial charge in [0.2, 0.25) is 0 Å². The SMILES string of the molecule is CCOc1ccccc1CCOC. The van der Waals surface area contributed by atoms with Crippen LogP contribution in [0, 0.1) is 0 Å². The summed E-state index contributed by atoms with van der Waals surface area (Å²) in [5.74, 6) is 0.974. The summed E-state index contributed by atoms with van der Waals surface area (Å²) in [4.78, 5) is 0. The highest BCUT2D eigenvalue weighted by atomic mass is 16.5. The molecule has 0 saturated heterocycles. The van der Waals surface area contributed by atoms with Crippen molar-refractivity contribution in [2.24, 2.45) is 0 Å². The van der Waals surface area contributed by atoms with Gasteiger partial charge in [-0.25, -0.2) is 0 Å². The molecule has 2 nitrogen and oxygen atoms in total. The Labute approximate surface area is 79.5 Å². The molecule has 0 aliphatic carbocycles. The van der Waals surface area contributed by atoms with Crippen LogP contribution in [-0.2, 0) is 11.2 Å². The number of hydrogen-bond donors (Lipinski definition) is 0. The van der Waals surface area contributed by atoms with Gasteiger partial charge in [0.05, 0.1) is 13.2 Å². The average molecular weight is 180 g/mol. The van der Waals surface area contributed by atoms with Crippen LogP contribution in [0.5, 0.6) is 5.75 Å². The van der Waals surface area contributed by atoms with Crippen molar-refractivity contribution < 1.29 is 9.47 Å². The van der Waals surface area contributed by atoms with Crippen LogP contribution in [0.2, 0.25) is 0 Å². The van der Waals surface area contributed by atoms with Crippen molar-refractivity contribution in [1.29, 1.82) is 0 Å². The lowest BCUT2D eigenvalue weighted by Gasteiger charge is -2.08. The quantitative estimate of drug-likeness (QED) is 0.692. The standard InChI is InChI=1S/C11H16O2/c1-3-13-11-7-5-4-6-10(11)8-9-12-2/h4-7H,3,8-9H2,1-2H3. The first-order valence-electron chi connectivity index (χ1n) is 4.58. The van der Waals surface area contributed by atoms with Crippen molar-refractivity contribution in [2.45, 2.75) is 13.3 Å². The van der Waals surface area contributed by atoms with Crippen molar-refractivity contribution in [3.05, 3.63) is 29.8 Å². The Morgan fingerprint density at radius 2 is 2.00 bits per heavy atom. The van der Waals surface area contributed by atoms with Crippen molar-refractivity contribution in [3.63, 3.8) is 0 Å². The second kappa shape index (κ2) is 5.60. The number of ether oxygens (including phenoxy) is 2.